The van der Waals surface area contributed by atoms with Gasteiger partial charge in [0, 0.05) is 24.6 Å². The summed E-state index contributed by atoms with van der Waals surface area (Å²) in [6.45, 7) is 2.88. The van der Waals surface area contributed by atoms with Crippen LogP contribution in [0.2, 0.25) is 0 Å². The molecule has 2 aliphatic rings. The Bertz CT molecular complexity index is 200. The van der Waals surface area contributed by atoms with E-state index in [-0.39, 0.29) is 5.91 Å². The zero-order chi connectivity index (χ0) is 9.80. The summed E-state index contributed by atoms with van der Waals surface area (Å²) in [5.74, 6) is 3.08. The van der Waals surface area contributed by atoms with Gasteiger partial charge in [0.25, 0.3) is 0 Å². The summed E-state index contributed by atoms with van der Waals surface area (Å²) >= 11 is 1.92. The highest BCUT2D eigenvalue weighted by molar-refractivity contribution is 7.99. The Kier molecular flexibility index (Phi) is 3.70. The van der Waals surface area contributed by atoms with E-state index in [0.717, 1.165) is 37.1 Å². The largest absolute Gasteiger partial charge is 0.371 e. The monoisotopic (exact) mass is 215 g/mol. The number of rotatable bonds is 4. The first-order valence-electron chi connectivity index (χ1n) is 5.29. The van der Waals surface area contributed by atoms with Crippen molar-refractivity contribution in [3.63, 3.8) is 0 Å². The molecule has 2 rings (SSSR count). The predicted molar refractivity (Wildman–Crippen MR) is 57.4 cm³/mol. The third-order valence-corrected chi connectivity index (χ3v) is 3.58. The van der Waals surface area contributed by atoms with Crippen molar-refractivity contribution >= 4 is 17.7 Å². The van der Waals surface area contributed by atoms with Crippen LogP contribution in [0.25, 0.3) is 0 Å². The molecule has 0 radical (unpaired) electrons. The van der Waals surface area contributed by atoms with Crippen LogP contribution < -0.4 is 0 Å². The van der Waals surface area contributed by atoms with Crippen molar-refractivity contribution in [2.75, 3.05) is 37.8 Å². The second kappa shape index (κ2) is 5.03. The zero-order valence-corrected chi connectivity index (χ0v) is 9.22. The number of ether oxygens (including phenoxy) is 1. The maximum Gasteiger partial charge on any atom is 0.248 e. The molecule has 0 spiro atoms. The SMILES string of the molecule is O=C(COCC1CC1)N1CCSCC1. The topological polar surface area (TPSA) is 29.5 Å². The molecule has 1 heterocycles. The molecule has 0 N–H and O–H groups in total. The summed E-state index contributed by atoms with van der Waals surface area (Å²) in [4.78, 5) is 13.5. The fourth-order valence-electron chi connectivity index (χ4n) is 1.50. The average Bonchev–Trinajstić information content (AvgIpc) is 3.03. The molecule has 0 atom stereocenters. The van der Waals surface area contributed by atoms with Crippen LogP contribution in [0.15, 0.2) is 0 Å². The summed E-state index contributed by atoms with van der Waals surface area (Å²) < 4.78 is 5.37. The van der Waals surface area contributed by atoms with Crippen molar-refractivity contribution in [1.29, 1.82) is 0 Å². The van der Waals surface area contributed by atoms with Gasteiger partial charge < -0.3 is 9.64 Å². The number of nitrogens with zero attached hydrogens (tertiary/aromatic N) is 1. The number of hydrogen-bond acceptors (Lipinski definition) is 3. The Hall–Kier alpha value is -0.220. The van der Waals surface area contributed by atoms with Gasteiger partial charge in [-0.1, -0.05) is 0 Å². The van der Waals surface area contributed by atoms with Crippen LogP contribution in [0.1, 0.15) is 12.8 Å². The smallest absolute Gasteiger partial charge is 0.248 e. The Morgan fingerprint density at radius 1 is 1.36 bits per heavy atom. The van der Waals surface area contributed by atoms with Gasteiger partial charge in [-0.05, 0) is 18.8 Å². The molecule has 1 saturated heterocycles. The molecule has 14 heavy (non-hydrogen) atoms. The number of thioether (sulfide) groups is 1. The zero-order valence-electron chi connectivity index (χ0n) is 8.41. The Morgan fingerprint density at radius 2 is 2.07 bits per heavy atom. The number of carbonyl (C=O) groups excluding carboxylic acids is 1. The lowest BCUT2D eigenvalue weighted by atomic mass is 10.4. The molecule has 4 heteroatoms. The second-order valence-corrected chi connectivity index (χ2v) is 5.18. The van der Waals surface area contributed by atoms with Crippen molar-refractivity contribution in [3.8, 4) is 0 Å². The molecule has 1 aliphatic carbocycles. The van der Waals surface area contributed by atoms with E-state index < -0.39 is 0 Å². The molecule has 0 unspecified atom stereocenters. The van der Waals surface area contributed by atoms with Gasteiger partial charge in [-0.2, -0.15) is 11.8 Å². The van der Waals surface area contributed by atoms with E-state index in [9.17, 15) is 4.79 Å². The maximum absolute atomic E-state index is 11.6. The fraction of sp³-hybridized carbons (Fsp3) is 0.900. The minimum absolute atomic E-state index is 0.172. The summed E-state index contributed by atoms with van der Waals surface area (Å²) in [6, 6.07) is 0. The highest BCUT2D eigenvalue weighted by atomic mass is 32.2. The van der Waals surface area contributed by atoms with E-state index in [1.54, 1.807) is 0 Å². The molecule has 0 aromatic carbocycles. The third kappa shape index (κ3) is 3.17. The molecule has 0 bridgehead atoms. The fourth-order valence-corrected chi connectivity index (χ4v) is 2.40. The van der Waals surface area contributed by atoms with Crippen molar-refractivity contribution in [2.45, 2.75) is 12.8 Å². The van der Waals surface area contributed by atoms with Crippen molar-refractivity contribution in [3.05, 3.63) is 0 Å². The van der Waals surface area contributed by atoms with E-state index in [1.807, 2.05) is 16.7 Å². The maximum atomic E-state index is 11.6. The highest BCUT2D eigenvalue weighted by Crippen LogP contribution is 2.28. The van der Waals surface area contributed by atoms with E-state index in [4.69, 9.17) is 4.74 Å². The molecule has 2 fully saturated rings. The Morgan fingerprint density at radius 3 is 2.71 bits per heavy atom. The summed E-state index contributed by atoms with van der Waals surface area (Å²) in [5, 5.41) is 0. The van der Waals surface area contributed by atoms with Crippen LogP contribution in [-0.4, -0.2) is 48.6 Å². The number of hydrogen-bond donors (Lipinski definition) is 0. The average molecular weight is 215 g/mol. The standard InChI is InChI=1S/C10H17NO2S/c12-10(8-13-7-9-1-2-9)11-3-5-14-6-4-11/h9H,1-8H2. The van der Waals surface area contributed by atoms with Gasteiger partial charge in [-0.25, -0.2) is 0 Å². The van der Waals surface area contributed by atoms with Crippen LogP contribution in [-0.2, 0) is 9.53 Å². The summed E-state index contributed by atoms with van der Waals surface area (Å²) in [7, 11) is 0. The summed E-state index contributed by atoms with van der Waals surface area (Å²) in [5.41, 5.74) is 0. The van der Waals surface area contributed by atoms with Crippen molar-refractivity contribution < 1.29 is 9.53 Å². The molecule has 1 saturated carbocycles. The van der Waals surface area contributed by atoms with Gasteiger partial charge in [0.05, 0.1) is 6.61 Å². The van der Waals surface area contributed by atoms with Crippen LogP contribution in [0.5, 0.6) is 0 Å². The third-order valence-electron chi connectivity index (χ3n) is 2.64. The molecule has 0 aromatic rings. The van der Waals surface area contributed by atoms with Gasteiger partial charge in [0.15, 0.2) is 0 Å². The lowest BCUT2D eigenvalue weighted by molar-refractivity contribution is -0.135. The van der Waals surface area contributed by atoms with Gasteiger partial charge in [-0.3, -0.25) is 4.79 Å². The van der Waals surface area contributed by atoms with Crippen LogP contribution in [0.4, 0.5) is 0 Å². The lowest BCUT2D eigenvalue weighted by Gasteiger charge is -2.26. The van der Waals surface area contributed by atoms with E-state index in [0.29, 0.717) is 6.61 Å². The Labute approximate surface area is 89.2 Å². The minimum atomic E-state index is 0.172. The molecular weight excluding hydrogens is 198 g/mol. The van der Waals surface area contributed by atoms with E-state index in [2.05, 4.69) is 0 Å². The quantitative estimate of drug-likeness (QED) is 0.700. The van der Waals surface area contributed by atoms with Crippen LogP contribution >= 0.6 is 11.8 Å². The normalized spacial score (nSPS) is 22.4. The molecule has 3 nitrogen and oxygen atoms in total. The predicted octanol–water partition coefficient (Wildman–Crippen LogP) is 0.988. The van der Waals surface area contributed by atoms with Crippen LogP contribution in [0.3, 0.4) is 0 Å². The minimum Gasteiger partial charge on any atom is -0.371 e. The second-order valence-electron chi connectivity index (χ2n) is 3.95. The van der Waals surface area contributed by atoms with Gasteiger partial charge in [0.1, 0.15) is 6.61 Å². The molecule has 1 amide bonds. The molecular formula is C10H17NO2S. The highest BCUT2D eigenvalue weighted by Gasteiger charge is 2.22. The first-order chi connectivity index (χ1) is 6.86. The number of carbonyl (C=O) groups is 1. The number of amides is 1. The van der Waals surface area contributed by atoms with Crippen LogP contribution in [0, 0.1) is 5.92 Å². The van der Waals surface area contributed by atoms with Crippen molar-refractivity contribution in [1.82, 2.24) is 4.90 Å². The lowest BCUT2D eigenvalue weighted by Crippen LogP contribution is -2.40. The van der Waals surface area contributed by atoms with Gasteiger partial charge in [0.2, 0.25) is 5.91 Å². The van der Waals surface area contributed by atoms with E-state index >= 15 is 0 Å². The molecule has 1 aliphatic heterocycles. The van der Waals surface area contributed by atoms with Gasteiger partial charge in [-0.15, -0.1) is 0 Å². The van der Waals surface area contributed by atoms with Crippen molar-refractivity contribution in [2.24, 2.45) is 5.92 Å². The Balaban J connectivity index is 1.60. The van der Waals surface area contributed by atoms with E-state index in [1.165, 1.54) is 12.8 Å². The first kappa shape index (κ1) is 10.3. The molecule has 0 aromatic heterocycles. The first-order valence-corrected chi connectivity index (χ1v) is 6.45. The van der Waals surface area contributed by atoms with Gasteiger partial charge >= 0.3 is 0 Å². The summed E-state index contributed by atoms with van der Waals surface area (Å²) in [6.07, 6.45) is 2.57. The molecule has 80 valence electrons.